The second kappa shape index (κ2) is 7.38. The lowest BCUT2D eigenvalue weighted by molar-refractivity contribution is 0.112. The van der Waals surface area contributed by atoms with Crippen molar-refractivity contribution in [1.29, 1.82) is 0 Å². The highest BCUT2D eigenvalue weighted by Crippen LogP contribution is 2.20. The smallest absolute Gasteiger partial charge is 0.00721 e. The second-order valence-electron chi connectivity index (χ2n) is 6.46. The highest BCUT2D eigenvalue weighted by atomic mass is 15.2. The summed E-state index contributed by atoms with van der Waals surface area (Å²) in [6.07, 6.45) is 4.04. The third-order valence-corrected chi connectivity index (χ3v) is 3.97. The molecule has 0 saturated carbocycles. The normalized spacial score (nSPS) is 20.5. The van der Waals surface area contributed by atoms with Crippen molar-refractivity contribution in [3.05, 3.63) is 0 Å². The molecule has 0 aromatic carbocycles. The summed E-state index contributed by atoms with van der Waals surface area (Å²) in [6, 6.07) is 1.41. The lowest BCUT2D eigenvalue weighted by atomic mass is 9.95. The standard InChI is InChI=1S/C15H32N2/c1-12(2)10-14(5)17(13(3)4)11-15-6-8-16-9-7-15/h12-16H,6-11H2,1-5H3. The maximum atomic E-state index is 3.46. The molecule has 1 rings (SSSR count). The lowest BCUT2D eigenvalue weighted by Gasteiger charge is -2.37. The molecule has 0 aromatic rings. The molecule has 1 unspecified atom stereocenters. The predicted molar refractivity (Wildman–Crippen MR) is 76.4 cm³/mol. The summed E-state index contributed by atoms with van der Waals surface area (Å²) in [5, 5.41) is 3.46. The quantitative estimate of drug-likeness (QED) is 0.767. The van der Waals surface area contributed by atoms with Crippen molar-refractivity contribution in [3.63, 3.8) is 0 Å². The molecular weight excluding hydrogens is 208 g/mol. The summed E-state index contributed by atoms with van der Waals surface area (Å²) < 4.78 is 0. The summed E-state index contributed by atoms with van der Waals surface area (Å²) in [7, 11) is 0. The van der Waals surface area contributed by atoms with Crippen molar-refractivity contribution in [3.8, 4) is 0 Å². The molecule has 1 atom stereocenters. The van der Waals surface area contributed by atoms with Crippen molar-refractivity contribution < 1.29 is 0 Å². The Bertz CT molecular complexity index is 195. The Morgan fingerprint density at radius 3 is 2.12 bits per heavy atom. The van der Waals surface area contributed by atoms with Gasteiger partial charge in [-0.1, -0.05) is 13.8 Å². The molecular formula is C15H32N2. The topological polar surface area (TPSA) is 15.3 Å². The van der Waals surface area contributed by atoms with Crippen LogP contribution in [-0.4, -0.2) is 36.6 Å². The summed E-state index contributed by atoms with van der Waals surface area (Å²) in [4.78, 5) is 2.72. The Kier molecular flexibility index (Phi) is 6.50. The van der Waals surface area contributed by atoms with Gasteiger partial charge in [-0.05, 0) is 65.0 Å². The van der Waals surface area contributed by atoms with E-state index >= 15 is 0 Å². The van der Waals surface area contributed by atoms with Crippen LogP contribution in [0.3, 0.4) is 0 Å². The van der Waals surface area contributed by atoms with Gasteiger partial charge < -0.3 is 5.32 Å². The van der Waals surface area contributed by atoms with Gasteiger partial charge in [0.25, 0.3) is 0 Å². The number of nitrogens with zero attached hydrogens (tertiary/aromatic N) is 1. The number of nitrogens with one attached hydrogen (secondary N) is 1. The molecule has 0 bridgehead atoms. The molecule has 1 heterocycles. The van der Waals surface area contributed by atoms with Crippen LogP contribution in [0, 0.1) is 11.8 Å². The molecule has 0 aliphatic carbocycles. The molecule has 1 saturated heterocycles. The monoisotopic (exact) mass is 240 g/mol. The Balaban J connectivity index is 2.46. The van der Waals surface area contributed by atoms with E-state index in [-0.39, 0.29) is 0 Å². The molecule has 1 N–H and O–H groups in total. The predicted octanol–water partition coefficient (Wildman–Crippen LogP) is 3.13. The minimum Gasteiger partial charge on any atom is -0.317 e. The summed E-state index contributed by atoms with van der Waals surface area (Å²) in [5.74, 6) is 1.72. The van der Waals surface area contributed by atoms with Crippen LogP contribution in [0.2, 0.25) is 0 Å². The second-order valence-corrected chi connectivity index (χ2v) is 6.46. The minimum absolute atomic E-state index is 0.679. The molecule has 1 aliphatic rings. The first kappa shape index (κ1) is 15.0. The first-order chi connectivity index (χ1) is 8.00. The number of hydrogen-bond acceptors (Lipinski definition) is 2. The van der Waals surface area contributed by atoms with E-state index in [1.54, 1.807) is 0 Å². The maximum Gasteiger partial charge on any atom is 0.00721 e. The van der Waals surface area contributed by atoms with Gasteiger partial charge in [-0.15, -0.1) is 0 Å². The van der Waals surface area contributed by atoms with Gasteiger partial charge in [0, 0.05) is 18.6 Å². The highest BCUT2D eigenvalue weighted by molar-refractivity contribution is 4.78. The van der Waals surface area contributed by atoms with Crippen molar-refractivity contribution in [1.82, 2.24) is 10.2 Å². The average Bonchev–Trinajstić information content (AvgIpc) is 2.25. The zero-order chi connectivity index (χ0) is 12.8. The Hall–Kier alpha value is -0.0800. The molecule has 0 aromatic heterocycles. The van der Waals surface area contributed by atoms with E-state index in [0.717, 1.165) is 17.9 Å². The number of piperidine rings is 1. The number of hydrogen-bond donors (Lipinski definition) is 1. The van der Waals surface area contributed by atoms with Crippen molar-refractivity contribution in [2.45, 2.75) is 66.0 Å². The summed E-state index contributed by atoms with van der Waals surface area (Å²) in [5.41, 5.74) is 0. The van der Waals surface area contributed by atoms with E-state index in [4.69, 9.17) is 0 Å². The lowest BCUT2D eigenvalue weighted by Crippen LogP contribution is -2.44. The van der Waals surface area contributed by atoms with Gasteiger partial charge in [-0.3, -0.25) is 4.90 Å². The first-order valence-electron chi connectivity index (χ1n) is 7.47. The average molecular weight is 240 g/mol. The zero-order valence-electron chi connectivity index (χ0n) is 12.5. The van der Waals surface area contributed by atoms with Gasteiger partial charge in [0.2, 0.25) is 0 Å². The van der Waals surface area contributed by atoms with Gasteiger partial charge in [0.05, 0.1) is 0 Å². The van der Waals surface area contributed by atoms with E-state index < -0.39 is 0 Å². The molecule has 102 valence electrons. The molecule has 1 aliphatic heterocycles. The summed E-state index contributed by atoms with van der Waals surface area (Å²) >= 11 is 0. The molecule has 0 radical (unpaired) electrons. The Labute approximate surface area is 108 Å². The van der Waals surface area contributed by atoms with Gasteiger partial charge in [0.15, 0.2) is 0 Å². The number of rotatable bonds is 6. The Morgan fingerprint density at radius 1 is 1.06 bits per heavy atom. The first-order valence-corrected chi connectivity index (χ1v) is 7.47. The van der Waals surface area contributed by atoms with Crippen molar-refractivity contribution in [2.75, 3.05) is 19.6 Å². The van der Waals surface area contributed by atoms with E-state index in [2.05, 4.69) is 44.8 Å². The SMILES string of the molecule is CC(C)CC(C)N(CC1CCNCC1)C(C)C. The van der Waals surface area contributed by atoms with Crippen LogP contribution in [-0.2, 0) is 0 Å². The molecule has 0 amide bonds. The van der Waals surface area contributed by atoms with Crippen LogP contribution in [0.4, 0.5) is 0 Å². The largest absolute Gasteiger partial charge is 0.317 e. The van der Waals surface area contributed by atoms with Gasteiger partial charge in [-0.25, -0.2) is 0 Å². The van der Waals surface area contributed by atoms with Crippen LogP contribution in [0.15, 0.2) is 0 Å². The van der Waals surface area contributed by atoms with Crippen molar-refractivity contribution in [2.24, 2.45) is 11.8 Å². The van der Waals surface area contributed by atoms with E-state index in [9.17, 15) is 0 Å². The van der Waals surface area contributed by atoms with E-state index in [1.165, 1.54) is 38.9 Å². The fraction of sp³-hybridized carbons (Fsp3) is 1.00. The summed E-state index contributed by atoms with van der Waals surface area (Å²) in [6.45, 7) is 15.5. The van der Waals surface area contributed by atoms with Crippen LogP contribution in [0.5, 0.6) is 0 Å². The third kappa shape index (κ3) is 5.39. The zero-order valence-corrected chi connectivity index (χ0v) is 12.5. The van der Waals surface area contributed by atoms with E-state index in [1.807, 2.05) is 0 Å². The fourth-order valence-corrected chi connectivity index (χ4v) is 3.08. The van der Waals surface area contributed by atoms with Crippen LogP contribution >= 0.6 is 0 Å². The van der Waals surface area contributed by atoms with Gasteiger partial charge in [-0.2, -0.15) is 0 Å². The van der Waals surface area contributed by atoms with Gasteiger partial charge >= 0.3 is 0 Å². The van der Waals surface area contributed by atoms with Crippen LogP contribution in [0.25, 0.3) is 0 Å². The Morgan fingerprint density at radius 2 is 1.65 bits per heavy atom. The molecule has 1 fully saturated rings. The van der Waals surface area contributed by atoms with Crippen LogP contribution < -0.4 is 5.32 Å². The van der Waals surface area contributed by atoms with Crippen LogP contribution in [0.1, 0.15) is 53.9 Å². The maximum absolute atomic E-state index is 3.46. The molecule has 2 heteroatoms. The van der Waals surface area contributed by atoms with E-state index in [0.29, 0.717) is 6.04 Å². The minimum atomic E-state index is 0.679. The van der Waals surface area contributed by atoms with Gasteiger partial charge in [0.1, 0.15) is 0 Å². The molecule has 17 heavy (non-hydrogen) atoms. The fourth-order valence-electron chi connectivity index (χ4n) is 3.08. The molecule has 2 nitrogen and oxygen atoms in total. The third-order valence-electron chi connectivity index (χ3n) is 3.97. The van der Waals surface area contributed by atoms with Crippen molar-refractivity contribution >= 4 is 0 Å². The highest BCUT2D eigenvalue weighted by Gasteiger charge is 2.23. The molecule has 0 spiro atoms.